The number of rotatable bonds is 5. The maximum atomic E-state index is 12.3. The molecule has 1 atom stereocenters. The first-order valence-electron chi connectivity index (χ1n) is 7.62. The van der Waals surface area contributed by atoms with E-state index in [1.54, 1.807) is 6.92 Å². The highest BCUT2D eigenvalue weighted by Gasteiger charge is 2.21. The summed E-state index contributed by atoms with van der Waals surface area (Å²) in [7, 11) is 1.44. The fourth-order valence-electron chi connectivity index (χ4n) is 2.25. The van der Waals surface area contributed by atoms with E-state index in [0.717, 1.165) is 5.56 Å². The van der Waals surface area contributed by atoms with Crippen LogP contribution in [-0.4, -0.2) is 23.3 Å². The molecule has 134 valence electrons. The summed E-state index contributed by atoms with van der Waals surface area (Å²) in [5.74, 6) is 0.202. The Bertz CT molecular complexity index is 905. The maximum Gasteiger partial charge on any atom is 0.339 e. The van der Waals surface area contributed by atoms with Gasteiger partial charge in [-0.2, -0.15) is 0 Å². The van der Waals surface area contributed by atoms with Crippen LogP contribution in [0.1, 0.15) is 29.3 Å². The number of carbonyl (C=O) groups excluding carboxylic acids is 1. The summed E-state index contributed by atoms with van der Waals surface area (Å²) in [6.45, 7) is 1.63. The third kappa shape index (κ3) is 3.81. The molecule has 6 nitrogen and oxygen atoms in total. The minimum atomic E-state index is -0.743. The zero-order valence-electron chi connectivity index (χ0n) is 13.9. The molecule has 0 aliphatic carbocycles. The molecule has 0 saturated heterocycles. The Hall–Kier alpha value is -2.57. The maximum absolute atomic E-state index is 12.3. The van der Waals surface area contributed by atoms with Crippen LogP contribution >= 0.6 is 23.2 Å². The molecule has 0 aliphatic heterocycles. The van der Waals surface area contributed by atoms with E-state index in [4.69, 9.17) is 37.1 Å². The van der Waals surface area contributed by atoms with Crippen LogP contribution in [0.5, 0.6) is 5.75 Å². The van der Waals surface area contributed by atoms with Crippen LogP contribution in [0.3, 0.4) is 0 Å². The topological polar surface area (TPSA) is 74.5 Å². The normalized spacial score (nSPS) is 11.8. The molecule has 0 saturated carbocycles. The summed E-state index contributed by atoms with van der Waals surface area (Å²) in [4.78, 5) is 12.3. The molecule has 0 amide bonds. The molecule has 0 bridgehead atoms. The molecule has 2 aromatic carbocycles. The van der Waals surface area contributed by atoms with E-state index in [1.807, 2.05) is 30.3 Å². The van der Waals surface area contributed by atoms with Crippen molar-refractivity contribution in [3.8, 4) is 17.2 Å². The van der Waals surface area contributed by atoms with Crippen molar-refractivity contribution in [2.24, 2.45) is 0 Å². The van der Waals surface area contributed by atoms with E-state index in [0.29, 0.717) is 11.6 Å². The van der Waals surface area contributed by atoms with Crippen LogP contribution in [0, 0.1) is 0 Å². The standard InChI is InChI=1S/C18H14Cl2N2O4/c1-10(16-21-22-17(26-16)11-6-4-3-5-7-11)25-18(23)12-8-13(19)15(24-2)14(20)9-12/h3-10H,1-2H3/t10-/m1/s1. The molecule has 1 aromatic heterocycles. The lowest BCUT2D eigenvalue weighted by molar-refractivity contribution is 0.0280. The lowest BCUT2D eigenvalue weighted by atomic mass is 10.2. The fraction of sp³-hybridized carbons (Fsp3) is 0.167. The van der Waals surface area contributed by atoms with Crippen molar-refractivity contribution < 1.29 is 18.7 Å². The van der Waals surface area contributed by atoms with Gasteiger partial charge in [-0.05, 0) is 31.2 Å². The third-order valence-corrected chi connectivity index (χ3v) is 4.09. The first-order chi connectivity index (χ1) is 12.5. The van der Waals surface area contributed by atoms with Gasteiger partial charge >= 0.3 is 5.97 Å². The Morgan fingerprint density at radius 2 is 1.77 bits per heavy atom. The fourth-order valence-corrected chi connectivity index (χ4v) is 2.89. The van der Waals surface area contributed by atoms with Gasteiger partial charge in [0.05, 0.1) is 22.7 Å². The monoisotopic (exact) mass is 392 g/mol. The number of ether oxygens (including phenoxy) is 2. The second-order valence-corrected chi connectivity index (χ2v) is 6.15. The van der Waals surface area contributed by atoms with Crippen molar-refractivity contribution >= 4 is 29.2 Å². The van der Waals surface area contributed by atoms with E-state index in [9.17, 15) is 4.79 Å². The summed E-state index contributed by atoms with van der Waals surface area (Å²) < 4.78 is 16.0. The summed E-state index contributed by atoms with van der Waals surface area (Å²) in [5.41, 5.74) is 0.967. The van der Waals surface area contributed by atoms with E-state index in [1.165, 1.54) is 19.2 Å². The number of aromatic nitrogens is 2. The zero-order chi connectivity index (χ0) is 18.7. The molecule has 3 aromatic rings. The molecule has 0 aliphatic rings. The zero-order valence-corrected chi connectivity index (χ0v) is 15.4. The first kappa shape index (κ1) is 18.2. The minimum absolute atomic E-state index is 0.183. The molecular formula is C18H14Cl2N2O4. The smallest absolute Gasteiger partial charge is 0.339 e. The highest BCUT2D eigenvalue weighted by atomic mass is 35.5. The van der Waals surface area contributed by atoms with Gasteiger partial charge in [-0.25, -0.2) is 4.79 Å². The van der Waals surface area contributed by atoms with Gasteiger partial charge in [0, 0.05) is 5.56 Å². The Kier molecular flexibility index (Phi) is 5.44. The number of esters is 1. The van der Waals surface area contributed by atoms with Gasteiger partial charge < -0.3 is 13.9 Å². The molecule has 0 spiro atoms. The van der Waals surface area contributed by atoms with Crippen molar-refractivity contribution in [1.29, 1.82) is 0 Å². The molecule has 0 unspecified atom stereocenters. The number of halogens is 2. The predicted octanol–water partition coefficient (Wildman–Crippen LogP) is 4.97. The van der Waals surface area contributed by atoms with Crippen LogP contribution in [0.15, 0.2) is 46.9 Å². The molecule has 0 radical (unpaired) electrons. The average Bonchev–Trinajstić information content (AvgIpc) is 3.12. The van der Waals surface area contributed by atoms with Crippen molar-refractivity contribution in [2.45, 2.75) is 13.0 Å². The molecule has 0 N–H and O–H groups in total. The van der Waals surface area contributed by atoms with Gasteiger partial charge in [0.1, 0.15) is 0 Å². The highest BCUT2D eigenvalue weighted by molar-refractivity contribution is 6.37. The van der Waals surface area contributed by atoms with E-state index in [-0.39, 0.29) is 21.5 Å². The lowest BCUT2D eigenvalue weighted by Gasteiger charge is -2.11. The van der Waals surface area contributed by atoms with E-state index >= 15 is 0 Å². The minimum Gasteiger partial charge on any atom is -0.494 e. The largest absolute Gasteiger partial charge is 0.494 e. The second-order valence-electron chi connectivity index (χ2n) is 5.33. The first-order valence-corrected chi connectivity index (χ1v) is 8.38. The molecular weight excluding hydrogens is 379 g/mol. The van der Waals surface area contributed by atoms with Gasteiger partial charge in [-0.1, -0.05) is 41.4 Å². The lowest BCUT2D eigenvalue weighted by Crippen LogP contribution is -2.10. The van der Waals surface area contributed by atoms with Gasteiger partial charge in [-0.3, -0.25) is 0 Å². The van der Waals surface area contributed by atoms with Gasteiger partial charge in [0.15, 0.2) is 11.9 Å². The van der Waals surface area contributed by atoms with Gasteiger partial charge in [0.2, 0.25) is 5.89 Å². The quantitative estimate of drug-likeness (QED) is 0.570. The molecule has 26 heavy (non-hydrogen) atoms. The number of methoxy groups -OCH3 is 1. The van der Waals surface area contributed by atoms with E-state index < -0.39 is 12.1 Å². The van der Waals surface area contributed by atoms with Crippen LogP contribution in [-0.2, 0) is 4.74 Å². The van der Waals surface area contributed by atoms with Gasteiger partial charge in [0.25, 0.3) is 5.89 Å². The van der Waals surface area contributed by atoms with Crippen molar-refractivity contribution in [3.63, 3.8) is 0 Å². The SMILES string of the molecule is COc1c(Cl)cc(C(=O)O[C@H](C)c2nnc(-c3ccccc3)o2)cc1Cl. The summed E-state index contributed by atoms with van der Waals surface area (Å²) in [6, 6.07) is 12.1. The Labute approximate surface area is 159 Å². The predicted molar refractivity (Wildman–Crippen MR) is 96.6 cm³/mol. The van der Waals surface area contributed by atoms with Crippen LogP contribution in [0.25, 0.3) is 11.5 Å². The molecule has 8 heteroatoms. The summed E-state index contributed by atoms with van der Waals surface area (Å²) >= 11 is 12.1. The van der Waals surface area contributed by atoms with Crippen LogP contribution in [0.2, 0.25) is 10.0 Å². The third-order valence-electron chi connectivity index (χ3n) is 3.53. The van der Waals surface area contributed by atoms with Gasteiger partial charge in [-0.15, -0.1) is 10.2 Å². The van der Waals surface area contributed by atoms with Crippen LogP contribution < -0.4 is 4.74 Å². The number of benzene rings is 2. The number of hydrogen-bond donors (Lipinski definition) is 0. The second kappa shape index (κ2) is 7.76. The highest BCUT2D eigenvalue weighted by Crippen LogP contribution is 2.34. The molecule has 0 fully saturated rings. The number of carbonyl (C=O) groups is 1. The van der Waals surface area contributed by atoms with Crippen LogP contribution in [0.4, 0.5) is 0 Å². The van der Waals surface area contributed by atoms with E-state index in [2.05, 4.69) is 10.2 Å². The molecule has 1 heterocycles. The average molecular weight is 393 g/mol. The Morgan fingerprint density at radius 1 is 1.12 bits per heavy atom. The Balaban J connectivity index is 1.75. The molecule has 3 rings (SSSR count). The van der Waals surface area contributed by atoms with Crippen molar-refractivity contribution in [1.82, 2.24) is 10.2 Å². The summed E-state index contributed by atoms with van der Waals surface area (Å²) in [5, 5.41) is 8.33. The number of nitrogens with zero attached hydrogens (tertiary/aromatic N) is 2. The van der Waals surface area contributed by atoms with Crippen molar-refractivity contribution in [3.05, 3.63) is 64.0 Å². The number of hydrogen-bond acceptors (Lipinski definition) is 6. The Morgan fingerprint density at radius 3 is 2.38 bits per heavy atom. The summed E-state index contributed by atoms with van der Waals surface area (Å²) in [6.07, 6.45) is -0.743. The van der Waals surface area contributed by atoms with Crippen molar-refractivity contribution in [2.75, 3.05) is 7.11 Å².